The van der Waals surface area contributed by atoms with Gasteiger partial charge in [0.2, 0.25) is 0 Å². The van der Waals surface area contributed by atoms with Gasteiger partial charge in [-0.1, -0.05) is 209 Å². The van der Waals surface area contributed by atoms with Gasteiger partial charge in [-0.25, -0.2) is 0 Å². The quantitative estimate of drug-likeness (QED) is 0.147. The van der Waals surface area contributed by atoms with E-state index in [4.69, 9.17) is 0 Å². The fourth-order valence-electron chi connectivity index (χ4n) is 9.96. The second-order valence-corrected chi connectivity index (χ2v) is 23.1. The van der Waals surface area contributed by atoms with Crippen molar-refractivity contribution in [2.45, 2.75) is 42.1 Å². The van der Waals surface area contributed by atoms with Gasteiger partial charge in [-0.2, -0.15) is 0 Å². The first kappa shape index (κ1) is 38.3. The Morgan fingerprint density at radius 3 is 1.44 bits per heavy atom. The van der Waals surface area contributed by atoms with Crippen LogP contribution in [0, 0.1) is 0 Å². The molecule has 0 aromatic heterocycles. The van der Waals surface area contributed by atoms with Gasteiger partial charge in [0.05, 0.1) is 0 Å². The third kappa shape index (κ3) is 6.38. The predicted molar refractivity (Wildman–Crippen MR) is 268 cm³/mol. The molecule has 0 radical (unpaired) electrons. The van der Waals surface area contributed by atoms with Crippen LogP contribution >= 0.6 is 11.8 Å². The van der Waals surface area contributed by atoms with E-state index < -0.39 is 8.07 Å². The molecule has 0 spiro atoms. The standard InChI is InChI=1S/C59H47NSSi/c1-59(2)52-23-12-11-21-51(52)56-53(59)37-38-55-58(56)61-57-50(22-14-24-54(57)62(55,3)4)44-29-35-49(36-30-44)60(47-31-25-42(26-32-47)40-15-7-5-8-16-40)48-33-27-43(28-34-48)46-20-13-19-45(39-46)41-17-9-6-10-18-41/h5-39H,1-4H3. The van der Waals surface area contributed by atoms with Gasteiger partial charge in [0.15, 0.2) is 0 Å². The topological polar surface area (TPSA) is 3.24 Å². The monoisotopic (exact) mass is 829 g/mol. The van der Waals surface area contributed by atoms with Crippen molar-refractivity contribution in [3.8, 4) is 55.6 Å². The summed E-state index contributed by atoms with van der Waals surface area (Å²) in [5.74, 6) is 0. The third-order valence-electron chi connectivity index (χ3n) is 13.4. The Morgan fingerprint density at radius 2 is 0.823 bits per heavy atom. The summed E-state index contributed by atoms with van der Waals surface area (Å²) in [7, 11) is -2.03. The molecule has 11 rings (SSSR count). The lowest BCUT2D eigenvalue weighted by Gasteiger charge is -2.36. The van der Waals surface area contributed by atoms with Crippen LogP contribution in [0.15, 0.2) is 222 Å². The lowest BCUT2D eigenvalue weighted by Crippen LogP contribution is -2.56. The summed E-state index contributed by atoms with van der Waals surface area (Å²) >= 11 is 2.00. The van der Waals surface area contributed by atoms with Crippen LogP contribution in [0.25, 0.3) is 55.6 Å². The minimum atomic E-state index is -2.03. The molecular weight excluding hydrogens is 783 g/mol. The zero-order chi connectivity index (χ0) is 42.0. The molecule has 0 unspecified atom stereocenters. The third-order valence-corrected chi connectivity index (χ3v) is 18.5. The van der Waals surface area contributed by atoms with Gasteiger partial charge in [0, 0.05) is 32.3 Å². The predicted octanol–water partition coefficient (Wildman–Crippen LogP) is 15.4. The fourth-order valence-corrected chi connectivity index (χ4v) is 15.7. The molecule has 9 aromatic carbocycles. The number of anilines is 3. The molecule has 9 aromatic rings. The molecule has 298 valence electrons. The molecule has 1 heterocycles. The molecule has 1 nitrogen and oxygen atoms in total. The summed E-state index contributed by atoms with van der Waals surface area (Å²) in [5, 5.41) is 3.08. The SMILES string of the molecule is CC1(C)c2ccccc2-c2c1ccc1c2Sc2c(-c3ccc(N(c4ccc(-c5ccccc5)cc4)c4ccc(-c5cccc(-c6ccccc6)c5)cc4)cc3)cccc2[Si]1(C)C. The molecule has 3 heteroatoms. The lowest BCUT2D eigenvalue weighted by atomic mass is 9.82. The molecule has 1 aliphatic heterocycles. The van der Waals surface area contributed by atoms with Crippen molar-refractivity contribution in [3.63, 3.8) is 0 Å². The second kappa shape index (κ2) is 15.1. The zero-order valence-corrected chi connectivity index (χ0v) is 37.4. The van der Waals surface area contributed by atoms with Crippen LogP contribution in [0.4, 0.5) is 17.1 Å². The van der Waals surface area contributed by atoms with E-state index in [0.29, 0.717) is 0 Å². The van der Waals surface area contributed by atoms with Gasteiger partial charge in [0.1, 0.15) is 8.07 Å². The molecule has 62 heavy (non-hydrogen) atoms. The molecule has 0 N–H and O–H groups in total. The van der Waals surface area contributed by atoms with Gasteiger partial charge >= 0.3 is 0 Å². The molecule has 0 amide bonds. The van der Waals surface area contributed by atoms with Crippen molar-refractivity contribution < 1.29 is 0 Å². The molecule has 0 saturated heterocycles. The maximum atomic E-state index is 2.54. The average molecular weight is 830 g/mol. The van der Waals surface area contributed by atoms with Crippen LogP contribution < -0.4 is 15.3 Å². The Bertz CT molecular complexity index is 3110. The van der Waals surface area contributed by atoms with Crippen LogP contribution in [0.1, 0.15) is 25.0 Å². The van der Waals surface area contributed by atoms with E-state index in [1.165, 1.54) is 81.7 Å². The summed E-state index contributed by atoms with van der Waals surface area (Å²) < 4.78 is 0. The lowest BCUT2D eigenvalue weighted by molar-refractivity contribution is 0.660. The highest BCUT2D eigenvalue weighted by Gasteiger charge is 2.43. The Hall–Kier alpha value is -6.65. The van der Waals surface area contributed by atoms with Crippen LogP contribution in [-0.2, 0) is 5.41 Å². The van der Waals surface area contributed by atoms with Crippen molar-refractivity contribution in [2.24, 2.45) is 0 Å². The van der Waals surface area contributed by atoms with E-state index in [9.17, 15) is 0 Å². The molecular formula is C59H47NSSi. The second-order valence-electron chi connectivity index (χ2n) is 17.7. The van der Waals surface area contributed by atoms with E-state index >= 15 is 0 Å². The molecule has 0 atom stereocenters. The number of nitrogens with zero attached hydrogens (tertiary/aromatic N) is 1. The van der Waals surface area contributed by atoms with E-state index in [1.54, 1.807) is 5.19 Å². The highest BCUT2D eigenvalue weighted by molar-refractivity contribution is 8.00. The van der Waals surface area contributed by atoms with Crippen LogP contribution in [0.2, 0.25) is 13.1 Å². The van der Waals surface area contributed by atoms with Gasteiger partial charge in [0.25, 0.3) is 0 Å². The molecule has 2 aliphatic rings. The van der Waals surface area contributed by atoms with E-state index in [1.807, 2.05) is 11.8 Å². The van der Waals surface area contributed by atoms with Crippen LogP contribution in [0.3, 0.4) is 0 Å². The molecule has 0 saturated carbocycles. The summed E-state index contributed by atoms with van der Waals surface area (Å²) in [5.41, 5.74) is 18.9. The first-order valence-electron chi connectivity index (χ1n) is 21.7. The average Bonchev–Trinajstić information content (AvgIpc) is 3.56. The van der Waals surface area contributed by atoms with E-state index in [2.05, 4.69) is 244 Å². The minimum absolute atomic E-state index is 0.0235. The maximum absolute atomic E-state index is 2.54. The first-order valence-corrected chi connectivity index (χ1v) is 25.5. The smallest absolute Gasteiger partial charge is 0.115 e. The zero-order valence-electron chi connectivity index (χ0n) is 35.6. The van der Waals surface area contributed by atoms with Crippen molar-refractivity contribution >= 4 is 47.3 Å². The largest absolute Gasteiger partial charge is 0.311 e. The van der Waals surface area contributed by atoms with Gasteiger partial charge in [-0.05, 0) is 120 Å². The van der Waals surface area contributed by atoms with Crippen molar-refractivity contribution in [1.29, 1.82) is 0 Å². The van der Waals surface area contributed by atoms with Gasteiger partial charge < -0.3 is 4.90 Å². The minimum Gasteiger partial charge on any atom is -0.311 e. The number of hydrogen-bond donors (Lipinski definition) is 0. The Balaban J connectivity index is 0.973. The highest BCUT2D eigenvalue weighted by Crippen LogP contribution is 2.54. The van der Waals surface area contributed by atoms with Crippen molar-refractivity contribution in [2.75, 3.05) is 4.90 Å². The first-order chi connectivity index (χ1) is 30.3. The van der Waals surface area contributed by atoms with Gasteiger partial charge in [-0.3, -0.25) is 0 Å². The number of fused-ring (bicyclic) bond motifs is 6. The van der Waals surface area contributed by atoms with Crippen LogP contribution in [-0.4, -0.2) is 8.07 Å². The summed E-state index contributed by atoms with van der Waals surface area (Å²) in [6.07, 6.45) is 0. The molecule has 0 bridgehead atoms. The number of benzene rings is 9. The fraction of sp³-hybridized carbons (Fsp3) is 0.0847. The van der Waals surface area contributed by atoms with E-state index in [-0.39, 0.29) is 5.41 Å². The Morgan fingerprint density at radius 1 is 0.371 bits per heavy atom. The number of hydrogen-bond acceptors (Lipinski definition) is 2. The number of rotatable bonds is 7. The summed E-state index contributed by atoms with van der Waals surface area (Å²) in [6, 6.07) is 78.4. The summed E-state index contributed by atoms with van der Waals surface area (Å²) in [6.45, 7) is 9.87. The molecule has 1 aliphatic carbocycles. The summed E-state index contributed by atoms with van der Waals surface area (Å²) in [4.78, 5) is 5.27. The Kier molecular flexibility index (Phi) is 9.30. The van der Waals surface area contributed by atoms with Crippen LogP contribution in [0.5, 0.6) is 0 Å². The maximum Gasteiger partial charge on any atom is 0.115 e. The van der Waals surface area contributed by atoms with E-state index in [0.717, 1.165) is 17.1 Å². The molecule has 0 fully saturated rings. The van der Waals surface area contributed by atoms with Crippen molar-refractivity contribution in [3.05, 3.63) is 223 Å². The van der Waals surface area contributed by atoms with Gasteiger partial charge in [-0.15, -0.1) is 0 Å². The highest BCUT2D eigenvalue weighted by atomic mass is 32.2. The van der Waals surface area contributed by atoms with Crippen molar-refractivity contribution in [1.82, 2.24) is 0 Å². The normalized spacial score (nSPS) is 14.0. The Labute approximate surface area is 371 Å².